The van der Waals surface area contributed by atoms with Crippen molar-refractivity contribution in [2.75, 3.05) is 0 Å². The van der Waals surface area contributed by atoms with Gasteiger partial charge in [0.15, 0.2) is 5.82 Å². The molecule has 0 spiro atoms. The fourth-order valence-corrected chi connectivity index (χ4v) is 5.26. The van der Waals surface area contributed by atoms with Crippen molar-refractivity contribution >= 4 is 10.9 Å². The first-order valence-electron chi connectivity index (χ1n) is 13.5. The molecule has 8 heteroatoms. The van der Waals surface area contributed by atoms with E-state index < -0.39 is 6.04 Å². The summed E-state index contributed by atoms with van der Waals surface area (Å²) in [5.74, 6) is 0.248. The number of aromatic amines is 1. The van der Waals surface area contributed by atoms with Crippen molar-refractivity contribution in [2.45, 2.75) is 32.6 Å². The number of rotatable bonds is 9. The standard InChI is InChI=1S/C33H29FN6O/c1-23-9-8-14-27-19-29(33(41)35-30(23)27)31(32-36-37-38-40(32)22-25-12-6-3-7-13-25)39(20-24-10-4-2-5-11-24)21-26-15-17-28(34)18-16-26/h2-19,31H,20-22H2,1H3,(H,35,41)/t31-/m1/s1. The molecule has 0 aliphatic carbocycles. The maximum absolute atomic E-state index is 13.8. The Morgan fingerprint density at radius 2 is 1.49 bits per heavy atom. The zero-order valence-corrected chi connectivity index (χ0v) is 22.6. The number of halogens is 1. The zero-order chi connectivity index (χ0) is 28.2. The quantitative estimate of drug-likeness (QED) is 0.249. The van der Waals surface area contributed by atoms with Crippen LogP contribution in [0, 0.1) is 12.7 Å². The van der Waals surface area contributed by atoms with Gasteiger partial charge in [0.05, 0.1) is 12.1 Å². The van der Waals surface area contributed by atoms with E-state index in [1.807, 2.05) is 79.7 Å². The van der Waals surface area contributed by atoms with Gasteiger partial charge in [-0.05, 0) is 63.2 Å². The van der Waals surface area contributed by atoms with E-state index in [-0.39, 0.29) is 11.4 Å². The summed E-state index contributed by atoms with van der Waals surface area (Å²) >= 11 is 0. The summed E-state index contributed by atoms with van der Waals surface area (Å²) in [5, 5.41) is 13.8. The molecule has 6 aromatic rings. The number of nitrogens with zero attached hydrogens (tertiary/aromatic N) is 5. The van der Waals surface area contributed by atoms with Gasteiger partial charge in [0.25, 0.3) is 5.56 Å². The van der Waals surface area contributed by atoms with Gasteiger partial charge in [-0.15, -0.1) is 5.10 Å². The van der Waals surface area contributed by atoms with E-state index in [1.54, 1.807) is 16.8 Å². The molecule has 1 atom stereocenters. The molecule has 0 saturated heterocycles. The van der Waals surface area contributed by atoms with Crippen LogP contribution in [-0.2, 0) is 19.6 Å². The van der Waals surface area contributed by atoms with Gasteiger partial charge in [-0.3, -0.25) is 9.69 Å². The number of tetrazole rings is 1. The van der Waals surface area contributed by atoms with E-state index in [4.69, 9.17) is 0 Å². The third kappa shape index (κ3) is 5.83. The van der Waals surface area contributed by atoms with Crippen LogP contribution < -0.4 is 5.56 Å². The van der Waals surface area contributed by atoms with Crippen LogP contribution in [0.15, 0.2) is 114 Å². The molecule has 2 heterocycles. The lowest BCUT2D eigenvalue weighted by atomic mass is 10.0. The molecule has 2 aromatic heterocycles. The highest BCUT2D eigenvalue weighted by Crippen LogP contribution is 2.31. The van der Waals surface area contributed by atoms with Crippen LogP contribution >= 0.6 is 0 Å². The lowest BCUT2D eigenvalue weighted by Gasteiger charge is -2.31. The maximum atomic E-state index is 13.8. The highest BCUT2D eigenvalue weighted by molar-refractivity contribution is 5.82. The van der Waals surface area contributed by atoms with Crippen LogP contribution in [0.25, 0.3) is 10.9 Å². The SMILES string of the molecule is Cc1cccc2cc([C@H](c3nnnn3Cc3ccccc3)N(Cc3ccccc3)Cc3ccc(F)cc3)c(=O)[nH]c12. The van der Waals surface area contributed by atoms with E-state index in [1.165, 1.54) is 12.1 Å². The average Bonchev–Trinajstić information content (AvgIpc) is 3.43. The summed E-state index contributed by atoms with van der Waals surface area (Å²) in [5.41, 5.74) is 5.13. The molecule has 0 saturated carbocycles. The zero-order valence-electron chi connectivity index (χ0n) is 22.6. The number of H-pyrrole nitrogens is 1. The first-order valence-corrected chi connectivity index (χ1v) is 13.5. The first kappa shape index (κ1) is 26.3. The molecule has 0 radical (unpaired) electrons. The predicted octanol–water partition coefficient (Wildman–Crippen LogP) is 5.80. The van der Waals surface area contributed by atoms with Gasteiger partial charge in [0.1, 0.15) is 11.9 Å². The predicted molar refractivity (Wildman–Crippen MR) is 157 cm³/mol. The number of fused-ring (bicyclic) bond motifs is 1. The van der Waals surface area contributed by atoms with Gasteiger partial charge in [-0.1, -0.05) is 91.0 Å². The molecule has 7 nitrogen and oxygen atoms in total. The van der Waals surface area contributed by atoms with Crippen LogP contribution in [0.3, 0.4) is 0 Å². The van der Waals surface area contributed by atoms with Gasteiger partial charge in [-0.2, -0.15) is 0 Å². The third-order valence-electron chi connectivity index (χ3n) is 7.28. The summed E-state index contributed by atoms with van der Waals surface area (Å²) in [6, 6.07) is 33.8. The van der Waals surface area contributed by atoms with Crippen LogP contribution in [0.2, 0.25) is 0 Å². The number of nitrogens with one attached hydrogen (secondary N) is 1. The van der Waals surface area contributed by atoms with Gasteiger partial charge in [-0.25, -0.2) is 9.07 Å². The molecule has 4 aromatic carbocycles. The summed E-state index contributed by atoms with van der Waals surface area (Å²) in [7, 11) is 0. The Balaban J connectivity index is 1.53. The number of pyridine rings is 1. The molecule has 0 fully saturated rings. The monoisotopic (exact) mass is 544 g/mol. The van der Waals surface area contributed by atoms with Crippen molar-refractivity contribution in [3.05, 3.63) is 159 Å². The van der Waals surface area contributed by atoms with E-state index in [2.05, 4.69) is 37.5 Å². The minimum Gasteiger partial charge on any atom is -0.321 e. The molecule has 0 unspecified atom stereocenters. The first-order chi connectivity index (χ1) is 20.0. The lowest BCUT2D eigenvalue weighted by Crippen LogP contribution is -2.35. The van der Waals surface area contributed by atoms with Gasteiger partial charge in [0.2, 0.25) is 0 Å². The van der Waals surface area contributed by atoms with Crippen LogP contribution in [-0.4, -0.2) is 30.1 Å². The van der Waals surface area contributed by atoms with Crippen LogP contribution in [0.5, 0.6) is 0 Å². The summed E-state index contributed by atoms with van der Waals surface area (Å²) in [6.45, 7) is 3.36. The minimum absolute atomic E-state index is 0.205. The number of para-hydroxylation sites is 1. The Kier molecular flexibility index (Phi) is 7.47. The average molecular weight is 545 g/mol. The van der Waals surface area contributed by atoms with Gasteiger partial charge < -0.3 is 4.98 Å². The highest BCUT2D eigenvalue weighted by atomic mass is 19.1. The molecular formula is C33H29FN6O. The van der Waals surface area contributed by atoms with Crippen molar-refractivity contribution in [2.24, 2.45) is 0 Å². The largest absolute Gasteiger partial charge is 0.321 e. The normalized spacial score (nSPS) is 12.2. The van der Waals surface area contributed by atoms with E-state index in [9.17, 15) is 9.18 Å². The number of hydrogen-bond donors (Lipinski definition) is 1. The van der Waals surface area contributed by atoms with Gasteiger partial charge >= 0.3 is 0 Å². The molecule has 0 bridgehead atoms. The smallest absolute Gasteiger partial charge is 0.253 e. The third-order valence-corrected chi connectivity index (χ3v) is 7.28. The molecule has 0 aliphatic rings. The maximum Gasteiger partial charge on any atom is 0.253 e. The lowest BCUT2D eigenvalue weighted by molar-refractivity contribution is 0.194. The number of aryl methyl sites for hydroxylation is 1. The highest BCUT2D eigenvalue weighted by Gasteiger charge is 2.31. The molecule has 6 rings (SSSR count). The Morgan fingerprint density at radius 1 is 0.829 bits per heavy atom. The van der Waals surface area contributed by atoms with Crippen molar-refractivity contribution in [3.63, 3.8) is 0 Å². The molecule has 204 valence electrons. The Bertz CT molecular complexity index is 1820. The molecular weight excluding hydrogens is 515 g/mol. The number of benzene rings is 4. The summed E-state index contributed by atoms with van der Waals surface area (Å²) in [4.78, 5) is 19.1. The second-order valence-electron chi connectivity index (χ2n) is 10.2. The Labute approximate surface area is 236 Å². The minimum atomic E-state index is -0.604. The van der Waals surface area contributed by atoms with Crippen LogP contribution in [0.4, 0.5) is 4.39 Å². The molecule has 0 amide bonds. The molecule has 41 heavy (non-hydrogen) atoms. The fourth-order valence-electron chi connectivity index (χ4n) is 5.26. The Hall–Kier alpha value is -4.95. The molecule has 0 aliphatic heterocycles. The van der Waals surface area contributed by atoms with Crippen molar-refractivity contribution < 1.29 is 4.39 Å². The van der Waals surface area contributed by atoms with Gasteiger partial charge in [0, 0.05) is 18.7 Å². The Morgan fingerprint density at radius 3 is 2.20 bits per heavy atom. The van der Waals surface area contributed by atoms with E-state index >= 15 is 0 Å². The second-order valence-corrected chi connectivity index (χ2v) is 10.2. The van der Waals surface area contributed by atoms with Crippen molar-refractivity contribution in [1.29, 1.82) is 0 Å². The van der Waals surface area contributed by atoms with Crippen molar-refractivity contribution in [3.8, 4) is 0 Å². The number of hydrogen-bond acceptors (Lipinski definition) is 5. The fraction of sp³-hybridized carbons (Fsp3) is 0.152. The van der Waals surface area contributed by atoms with Crippen molar-refractivity contribution in [1.82, 2.24) is 30.1 Å². The van der Waals surface area contributed by atoms with Crippen LogP contribution in [0.1, 0.15) is 39.7 Å². The molecule has 1 N–H and O–H groups in total. The summed E-state index contributed by atoms with van der Waals surface area (Å²) < 4.78 is 15.6. The summed E-state index contributed by atoms with van der Waals surface area (Å²) in [6.07, 6.45) is 0. The second kappa shape index (κ2) is 11.7. The van der Waals surface area contributed by atoms with E-state index in [0.29, 0.717) is 31.0 Å². The number of aromatic nitrogens is 5. The topological polar surface area (TPSA) is 79.7 Å². The van der Waals surface area contributed by atoms with E-state index in [0.717, 1.165) is 33.2 Å².